The first-order valence-electron chi connectivity index (χ1n) is 5.12. The molecule has 86 valence electrons. The summed E-state index contributed by atoms with van der Waals surface area (Å²) in [5.74, 6) is 0. The molecule has 0 radical (unpaired) electrons. The number of nitrogens with zero attached hydrogens (tertiary/aromatic N) is 2. The molecule has 0 bridgehead atoms. The van der Waals surface area contributed by atoms with E-state index in [-0.39, 0.29) is 4.87 Å². The minimum Gasteiger partial charge on any atom is -0.362 e. The molecule has 6 heteroatoms. The number of rotatable bonds is 5. The molecule has 4 nitrogen and oxygen atoms in total. The summed E-state index contributed by atoms with van der Waals surface area (Å²) in [5.41, 5.74) is 0. The first-order chi connectivity index (χ1) is 7.79. The van der Waals surface area contributed by atoms with Crippen LogP contribution in [0.4, 0.5) is 5.13 Å². The second kappa shape index (κ2) is 5.27. The van der Waals surface area contributed by atoms with Crippen molar-refractivity contribution in [3.05, 3.63) is 32.3 Å². The van der Waals surface area contributed by atoms with Gasteiger partial charge in [0.2, 0.25) is 0 Å². The van der Waals surface area contributed by atoms with Gasteiger partial charge < -0.3 is 9.88 Å². The van der Waals surface area contributed by atoms with Crippen LogP contribution in [0.3, 0.4) is 0 Å². The number of thiazole rings is 2. The lowest BCUT2D eigenvalue weighted by Crippen LogP contribution is -2.11. The van der Waals surface area contributed by atoms with E-state index in [0.717, 1.165) is 23.0 Å². The van der Waals surface area contributed by atoms with Crippen LogP contribution in [-0.2, 0) is 6.54 Å². The fourth-order valence-corrected chi connectivity index (χ4v) is 2.69. The minimum atomic E-state index is 0.0801. The quantitative estimate of drug-likeness (QED) is 0.891. The van der Waals surface area contributed by atoms with Gasteiger partial charge in [-0.2, -0.15) is 0 Å². The van der Waals surface area contributed by atoms with Crippen molar-refractivity contribution in [2.75, 3.05) is 11.9 Å². The molecule has 0 aliphatic carbocycles. The second-order valence-corrected chi connectivity index (χ2v) is 5.33. The van der Waals surface area contributed by atoms with Gasteiger partial charge in [0.25, 0.3) is 0 Å². The van der Waals surface area contributed by atoms with Crippen molar-refractivity contribution in [2.45, 2.75) is 19.9 Å². The van der Waals surface area contributed by atoms with E-state index in [1.165, 1.54) is 11.3 Å². The van der Waals surface area contributed by atoms with E-state index >= 15 is 0 Å². The Balaban J connectivity index is 2.03. The molecule has 0 atom stereocenters. The highest BCUT2D eigenvalue weighted by atomic mass is 32.1. The summed E-state index contributed by atoms with van der Waals surface area (Å²) in [7, 11) is 0. The van der Waals surface area contributed by atoms with Crippen LogP contribution in [0.2, 0.25) is 0 Å². The number of anilines is 1. The molecule has 0 aliphatic rings. The van der Waals surface area contributed by atoms with Gasteiger partial charge >= 0.3 is 4.87 Å². The molecule has 0 fully saturated rings. The second-order valence-electron chi connectivity index (χ2n) is 3.36. The van der Waals surface area contributed by atoms with E-state index in [2.05, 4.69) is 17.2 Å². The topological polar surface area (TPSA) is 46.9 Å². The van der Waals surface area contributed by atoms with E-state index in [0.29, 0.717) is 6.54 Å². The Morgan fingerprint density at radius 2 is 2.44 bits per heavy atom. The molecule has 0 aromatic carbocycles. The van der Waals surface area contributed by atoms with Gasteiger partial charge in [0.1, 0.15) is 0 Å². The fraction of sp³-hybridized carbons (Fsp3) is 0.400. The number of hydrogen-bond acceptors (Lipinski definition) is 5. The highest BCUT2D eigenvalue weighted by Crippen LogP contribution is 2.18. The third-order valence-corrected chi connectivity index (χ3v) is 3.68. The zero-order valence-corrected chi connectivity index (χ0v) is 10.6. The van der Waals surface area contributed by atoms with Crippen molar-refractivity contribution in [1.82, 2.24) is 9.55 Å². The average Bonchev–Trinajstić information content (AvgIpc) is 2.87. The smallest absolute Gasteiger partial charge is 0.307 e. The molecule has 0 amide bonds. The Kier molecular flexibility index (Phi) is 3.74. The minimum absolute atomic E-state index is 0.0801. The third kappa shape index (κ3) is 2.70. The molecule has 0 saturated carbocycles. The normalized spacial score (nSPS) is 10.6. The van der Waals surface area contributed by atoms with Crippen molar-refractivity contribution in [1.29, 1.82) is 0 Å². The zero-order chi connectivity index (χ0) is 11.4. The maximum Gasteiger partial charge on any atom is 0.307 e. The van der Waals surface area contributed by atoms with Crippen LogP contribution in [0.5, 0.6) is 0 Å². The van der Waals surface area contributed by atoms with Crippen molar-refractivity contribution in [3.63, 3.8) is 0 Å². The van der Waals surface area contributed by atoms with Gasteiger partial charge in [0.05, 0.1) is 6.54 Å². The monoisotopic (exact) mass is 255 g/mol. The molecule has 2 heterocycles. The lowest BCUT2D eigenvalue weighted by molar-refractivity contribution is 0.794. The maximum atomic E-state index is 11.4. The van der Waals surface area contributed by atoms with Gasteiger partial charge in [0.15, 0.2) is 5.13 Å². The molecular weight excluding hydrogens is 242 g/mol. The highest BCUT2D eigenvalue weighted by molar-refractivity contribution is 7.15. The molecule has 2 aromatic rings. The molecule has 0 saturated heterocycles. The van der Waals surface area contributed by atoms with Crippen LogP contribution in [0.15, 0.2) is 22.6 Å². The van der Waals surface area contributed by atoms with E-state index in [4.69, 9.17) is 0 Å². The highest BCUT2D eigenvalue weighted by Gasteiger charge is 2.03. The zero-order valence-electron chi connectivity index (χ0n) is 8.97. The lowest BCUT2D eigenvalue weighted by Gasteiger charge is -1.97. The first-order valence-corrected chi connectivity index (χ1v) is 6.81. The molecule has 0 aliphatic heterocycles. The van der Waals surface area contributed by atoms with Crippen molar-refractivity contribution in [2.24, 2.45) is 0 Å². The van der Waals surface area contributed by atoms with E-state index in [1.807, 2.05) is 12.4 Å². The Bertz CT molecular complexity index is 500. The number of nitrogens with one attached hydrogen (secondary N) is 1. The van der Waals surface area contributed by atoms with Crippen LogP contribution in [0, 0.1) is 0 Å². The fourth-order valence-electron chi connectivity index (χ4n) is 1.27. The van der Waals surface area contributed by atoms with Crippen LogP contribution in [0.1, 0.15) is 18.2 Å². The van der Waals surface area contributed by atoms with E-state index < -0.39 is 0 Å². The molecule has 16 heavy (non-hydrogen) atoms. The summed E-state index contributed by atoms with van der Waals surface area (Å²) in [6, 6.07) is 0. The third-order valence-electron chi connectivity index (χ3n) is 2.05. The summed E-state index contributed by atoms with van der Waals surface area (Å²) < 4.78 is 1.70. The molecule has 1 N–H and O–H groups in total. The van der Waals surface area contributed by atoms with Crippen molar-refractivity contribution >= 4 is 27.8 Å². The van der Waals surface area contributed by atoms with Gasteiger partial charge in [-0.25, -0.2) is 4.98 Å². The van der Waals surface area contributed by atoms with Gasteiger partial charge in [-0.1, -0.05) is 18.3 Å². The van der Waals surface area contributed by atoms with E-state index in [1.54, 1.807) is 21.3 Å². The summed E-state index contributed by atoms with van der Waals surface area (Å²) >= 11 is 2.82. The van der Waals surface area contributed by atoms with Gasteiger partial charge in [0, 0.05) is 29.2 Å². The van der Waals surface area contributed by atoms with Gasteiger partial charge in [-0.05, 0) is 6.42 Å². The predicted octanol–water partition coefficient (Wildman–Crippen LogP) is 2.24. The van der Waals surface area contributed by atoms with E-state index in [9.17, 15) is 4.79 Å². The summed E-state index contributed by atoms with van der Waals surface area (Å²) in [6.45, 7) is 3.67. The van der Waals surface area contributed by atoms with Crippen LogP contribution < -0.4 is 10.2 Å². The molecule has 0 spiro atoms. The van der Waals surface area contributed by atoms with Crippen LogP contribution in [-0.4, -0.2) is 16.1 Å². The average molecular weight is 255 g/mol. The largest absolute Gasteiger partial charge is 0.362 e. The van der Waals surface area contributed by atoms with Crippen molar-refractivity contribution < 1.29 is 0 Å². The Hall–Kier alpha value is -1.14. The van der Waals surface area contributed by atoms with Crippen molar-refractivity contribution in [3.8, 4) is 0 Å². The lowest BCUT2D eigenvalue weighted by atomic mass is 10.5. The SMILES string of the molecule is CCCNc1ncc(Cn2ccsc2=O)s1. The maximum absolute atomic E-state index is 11.4. The number of hydrogen-bond donors (Lipinski definition) is 1. The summed E-state index contributed by atoms with van der Waals surface area (Å²) in [6.07, 6.45) is 4.72. The molecule has 2 aromatic heterocycles. The Labute approximate surface area is 102 Å². The standard InChI is InChI=1S/C10H13N3OS2/c1-2-3-11-9-12-6-8(16-9)7-13-4-5-15-10(13)14/h4-6H,2-3,7H2,1H3,(H,11,12). The van der Waals surface area contributed by atoms with Gasteiger partial charge in [-0.3, -0.25) is 4.79 Å². The number of aromatic nitrogens is 2. The Morgan fingerprint density at radius 1 is 1.56 bits per heavy atom. The van der Waals surface area contributed by atoms with Gasteiger partial charge in [-0.15, -0.1) is 11.3 Å². The first kappa shape index (κ1) is 11.3. The molecule has 0 unspecified atom stereocenters. The van der Waals surface area contributed by atoms with Crippen LogP contribution in [0.25, 0.3) is 0 Å². The predicted molar refractivity (Wildman–Crippen MR) is 68.6 cm³/mol. The summed E-state index contributed by atoms with van der Waals surface area (Å²) in [5, 5.41) is 5.97. The summed E-state index contributed by atoms with van der Waals surface area (Å²) in [4.78, 5) is 16.8. The Morgan fingerprint density at radius 3 is 3.12 bits per heavy atom. The molecule has 2 rings (SSSR count). The van der Waals surface area contributed by atoms with Crippen LogP contribution >= 0.6 is 22.7 Å². The molecular formula is C10H13N3OS2.